The van der Waals surface area contributed by atoms with Gasteiger partial charge in [0, 0.05) is 5.02 Å². The molecule has 0 aliphatic heterocycles. The molecule has 0 saturated heterocycles. The number of rotatable bonds is 5. The molecule has 0 unspecified atom stereocenters. The number of nitrogens with one attached hydrogen (secondary N) is 1. The van der Waals surface area contributed by atoms with Crippen LogP contribution in [0.1, 0.15) is 12.7 Å². The van der Waals surface area contributed by atoms with Gasteiger partial charge in [-0.3, -0.25) is 0 Å². The van der Waals surface area contributed by atoms with Crippen LogP contribution in [0.15, 0.2) is 22.7 Å². The van der Waals surface area contributed by atoms with Crippen molar-refractivity contribution in [2.45, 2.75) is 13.5 Å². The lowest BCUT2D eigenvalue weighted by Crippen LogP contribution is -2.12. The molecule has 0 aliphatic rings. The van der Waals surface area contributed by atoms with E-state index in [0.717, 1.165) is 12.1 Å². The van der Waals surface area contributed by atoms with Crippen molar-refractivity contribution in [3.8, 4) is 17.2 Å². The van der Waals surface area contributed by atoms with Crippen LogP contribution in [-0.2, 0) is 6.54 Å². The second-order valence-corrected chi connectivity index (χ2v) is 4.08. The van der Waals surface area contributed by atoms with Gasteiger partial charge in [-0.05, 0) is 24.7 Å². The second kappa shape index (κ2) is 5.84. The Bertz CT molecular complexity index is 528. The van der Waals surface area contributed by atoms with E-state index < -0.39 is 0 Å². The van der Waals surface area contributed by atoms with Gasteiger partial charge in [0.05, 0.1) is 19.2 Å². The zero-order chi connectivity index (χ0) is 13.0. The van der Waals surface area contributed by atoms with E-state index >= 15 is 0 Å². The summed E-state index contributed by atoms with van der Waals surface area (Å²) in [5, 5.41) is 7.62. The lowest BCUT2D eigenvalue weighted by molar-refractivity contribution is 0.402. The molecular weight excluding hydrogens is 254 g/mol. The van der Waals surface area contributed by atoms with E-state index in [-0.39, 0.29) is 0 Å². The molecule has 0 atom stereocenters. The first-order valence-corrected chi connectivity index (χ1v) is 5.99. The molecule has 1 aromatic heterocycles. The maximum atomic E-state index is 5.90. The van der Waals surface area contributed by atoms with Crippen LogP contribution >= 0.6 is 11.6 Å². The van der Waals surface area contributed by atoms with Crippen LogP contribution < -0.4 is 10.1 Å². The van der Waals surface area contributed by atoms with E-state index in [1.807, 2.05) is 6.92 Å². The Morgan fingerprint density at radius 3 is 3.00 bits per heavy atom. The summed E-state index contributed by atoms with van der Waals surface area (Å²) >= 11 is 5.90. The van der Waals surface area contributed by atoms with Crippen LogP contribution in [0.5, 0.6) is 5.75 Å². The van der Waals surface area contributed by atoms with Crippen molar-refractivity contribution < 1.29 is 9.26 Å². The highest BCUT2D eigenvalue weighted by molar-refractivity contribution is 6.30. The standard InChI is InChI=1S/C12H14ClN3O2/c1-3-14-7-11-15-12(18-16-11)9-5-4-8(13)6-10(9)17-2/h4-6,14H,3,7H2,1-2H3. The smallest absolute Gasteiger partial charge is 0.261 e. The van der Waals surface area contributed by atoms with Crippen LogP contribution in [0.2, 0.25) is 5.02 Å². The predicted molar refractivity (Wildman–Crippen MR) is 68.7 cm³/mol. The molecule has 0 spiro atoms. The lowest BCUT2D eigenvalue weighted by Gasteiger charge is -2.04. The topological polar surface area (TPSA) is 60.2 Å². The Morgan fingerprint density at radius 1 is 1.44 bits per heavy atom. The monoisotopic (exact) mass is 267 g/mol. The summed E-state index contributed by atoms with van der Waals surface area (Å²) in [4.78, 5) is 4.29. The van der Waals surface area contributed by atoms with E-state index in [2.05, 4.69) is 15.5 Å². The Morgan fingerprint density at radius 2 is 2.28 bits per heavy atom. The first kappa shape index (κ1) is 12.9. The van der Waals surface area contributed by atoms with E-state index in [9.17, 15) is 0 Å². The van der Waals surface area contributed by atoms with Crippen molar-refractivity contribution in [3.05, 3.63) is 29.0 Å². The number of benzene rings is 1. The van der Waals surface area contributed by atoms with E-state index in [1.165, 1.54) is 0 Å². The average Bonchev–Trinajstić information content (AvgIpc) is 2.84. The number of nitrogens with zero attached hydrogens (tertiary/aromatic N) is 2. The first-order valence-electron chi connectivity index (χ1n) is 5.61. The molecule has 6 heteroatoms. The number of hydrogen-bond acceptors (Lipinski definition) is 5. The summed E-state index contributed by atoms with van der Waals surface area (Å²) in [7, 11) is 1.57. The van der Waals surface area contributed by atoms with Crippen LogP contribution in [0.4, 0.5) is 0 Å². The van der Waals surface area contributed by atoms with Gasteiger partial charge in [0.1, 0.15) is 5.75 Å². The molecule has 2 rings (SSSR count). The Balaban J connectivity index is 2.28. The van der Waals surface area contributed by atoms with Crippen molar-refractivity contribution in [2.75, 3.05) is 13.7 Å². The van der Waals surface area contributed by atoms with Crippen molar-refractivity contribution in [2.24, 2.45) is 0 Å². The van der Waals surface area contributed by atoms with Gasteiger partial charge >= 0.3 is 0 Å². The van der Waals surface area contributed by atoms with Gasteiger partial charge in [0.2, 0.25) is 0 Å². The molecular formula is C12H14ClN3O2. The highest BCUT2D eigenvalue weighted by Crippen LogP contribution is 2.31. The predicted octanol–water partition coefficient (Wildman–Crippen LogP) is 2.51. The van der Waals surface area contributed by atoms with Gasteiger partial charge in [-0.15, -0.1) is 0 Å². The number of hydrogen-bond donors (Lipinski definition) is 1. The SMILES string of the molecule is CCNCc1noc(-c2ccc(Cl)cc2OC)n1. The first-order chi connectivity index (χ1) is 8.74. The summed E-state index contributed by atoms with van der Waals surface area (Å²) in [6.07, 6.45) is 0. The van der Waals surface area contributed by atoms with Crippen molar-refractivity contribution in [1.29, 1.82) is 0 Å². The molecule has 2 aromatic rings. The fraction of sp³-hybridized carbons (Fsp3) is 0.333. The zero-order valence-corrected chi connectivity index (χ0v) is 11.0. The molecule has 1 aromatic carbocycles. The molecule has 1 heterocycles. The minimum Gasteiger partial charge on any atom is -0.496 e. The highest BCUT2D eigenvalue weighted by Gasteiger charge is 2.13. The Kier molecular flexibility index (Phi) is 4.17. The minimum atomic E-state index is 0.427. The maximum Gasteiger partial charge on any atom is 0.261 e. The Labute approximate surface area is 110 Å². The van der Waals surface area contributed by atoms with Gasteiger partial charge in [0.25, 0.3) is 5.89 Å². The third-order valence-electron chi connectivity index (χ3n) is 2.40. The van der Waals surface area contributed by atoms with E-state index in [1.54, 1.807) is 25.3 Å². The molecule has 0 aliphatic carbocycles. The number of aromatic nitrogens is 2. The molecule has 0 bridgehead atoms. The zero-order valence-electron chi connectivity index (χ0n) is 10.2. The van der Waals surface area contributed by atoms with Crippen LogP contribution in [-0.4, -0.2) is 23.8 Å². The molecule has 18 heavy (non-hydrogen) atoms. The third-order valence-corrected chi connectivity index (χ3v) is 2.63. The van der Waals surface area contributed by atoms with Crippen LogP contribution in [0.3, 0.4) is 0 Å². The van der Waals surface area contributed by atoms with E-state index in [0.29, 0.717) is 29.0 Å². The fourth-order valence-electron chi connectivity index (χ4n) is 1.51. The fourth-order valence-corrected chi connectivity index (χ4v) is 1.68. The Hall–Kier alpha value is -1.59. The number of halogens is 1. The van der Waals surface area contributed by atoms with Gasteiger partial charge < -0.3 is 14.6 Å². The third kappa shape index (κ3) is 2.80. The summed E-state index contributed by atoms with van der Waals surface area (Å²) in [5.41, 5.74) is 0.733. The lowest BCUT2D eigenvalue weighted by atomic mass is 10.2. The molecule has 1 N–H and O–H groups in total. The molecule has 0 saturated carbocycles. The summed E-state index contributed by atoms with van der Waals surface area (Å²) in [5.74, 6) is 1.65. The largest absolute Gasteiger partial charge is 0.496 e. The number of ether oxygens (including phenoxy) is 1. The van der Waals surface area contributed by atoms with Gasteiger partial charge in [-0.25, -0.2) is 0 Å². The van der Waals surface area contributed by atoms with Crippen LogP contribution in [0, 0.1) is 0 Å². The molecule has 5 nitrogen and oxygen atoms in total. The molecule has 0 fully saturated rings. The van der Waals surface area contributed by atoms with Crippen molar-refractivity contribution in [1.82, 2.24) is 15.5 Å². The van der Waals surface area contributed by atoms with Gasteiger partial charge in [-0.1, -0.05) is 23.7 Å². The van der Waals surface area contributed by atoms with Crippen LogP contribution in [0.25, 0.3) is 11.5 Å². The molecule has 96 valence electrons. The van der Waals surface area contributed by atoms with Crippen molar-refractivity contribution in [3.63, 3.8) is 0 Å². The average molecular weight is 268 g/mol. The number of methoxy groups -OCH3 is 1. The summed E-state index contributed by atoms with van der Waals surface area (Å²) in [6.45, 7) is 3.45. The maximum absolute atomic E-state index is 5.90. The minimum absolute atomic E-state index is 0.427. The molecule has 0 amide bonds. The van der Waals surface area contributed by atoms with Gasteiger partial charge in [0.15, 0.2) is 5.82 Å². The highest BCUT2D eigenvalue weighted by atomic mass is 35.5. The summed E-state index contributed by atoms with van der Waals surface area (Å²) < 4.78 is 10.4. The quantitative estimate of drug-likeness (QED) is 0.902. The second-order valence-electron chi connectivity index (χ2n) is 3.64. The van der Waals surface area contributed by atoms with Gasteiger partial charge in [-0.2, -0.15) is 4.98 Å². The normalized spacial score (nSPS) is 10.6. The van der Waals surface area contributed by atoms with Crippen molar-refractivity contribution >= 4 is 11.6 Å². The summed E-state index contributed by atoms with van der Waals surface area (Å²) in [6, 6.07) is 5.27. The van der Waals surface area contributed by atoms with E-state index in [4.69, 9.17) is 20.9 Å². The molecule has 0 radical (unpaired) electrons.